The molecule has 0 aliphatic carbocycles. The Kier molecular flexibility index (Phi) is 5.98. The number of hydrogen-bond acceptors (Lipinski definition) is 4. The third-order valence-corrected chi connectivity index (χ3v) is 6.97. The van der Waals surface area contributed by atoms with Crippen LogP contribution in [0.3, 0.4) is 0 Å². The third-order valence-electron chi connectivity index (χ3n) is 4.39. The van der Waals surface area contributed by atoms with Gasteiger partial charge in [0.15, 0.2) is 16.2 Å². The van der Waals surface area contributed by atoms with Gasteiger partial charge in [-0.05, 0) is 42.0 Å². The Morgan fingerprint density at radius 1 is 0.690 bits per heavy atom. The molecule has 0 radical (unpaired) electrons. The SMILES string of the molecule is O=S(=O)(O)C(c1ccc(Cl)cc1)(c1cc(Cl)ccc1Cl)c1cc(O)c(O)cc1Cl. The number of benzene rings is 3. The number of halogens is 4. The van der Waals surface area contributed by atoms with Crippen LogP contribution >= 0.6 is 46.4 Å². The Hall–Kier alpha value is -1.67. The highest BCUT2D eigenvalue weighted by Crippen LogP contribution is 2.51. The van der Waals surface area contributed by atoms with Crippen molar-refractivity contribution in [2.75, 3.05) is 0 Å². The van der Waals surface area contributed by atoms with E-state index >= 15 is 0 Å². The van der Waals surface area contributed by atoms with Gasteiger partial charge in [0.25, 0.3) is 10.1 Å². The van der Waals surface area contributed by atoms with Gasteiger partial charge in [-0.1, -0.05) is 58.5 Å². The summed E-state index contributed by atoms with van der Waals surface area (Å²) in [4.78, 5) is 0. The molecule has 152 valence electrons. The van der Waals surface area contributed by atoms with Crippen LogP contribution in [0.5, 0.6) is 11.5 Å². The molecule has 0 heterocycles. The fourth-order valence-electron chi connectivity index (χ4n) is 3.16. The first-order chi connectivity index (χ1) is 13.5. The second kappa shape index (κ2) is 7.87. The topological polar surface area (TPSA) is 94.8 Å². The normalized spacial score (nSPS) is 13.8. The van der Waals surface area contributed by atoms with Crippen LogP contribution in [-0.4, -0.2) is 23.2 Å². The van der Waals surface area contributed by atoms with Gasteiger partial charge in [0, 0.05) is 32.3 Å². The number of phenols is 2. The van der Waals surface area contributed by atoms with Crippen LogP contribution in [0.25, 0.3) is 0 Å². The minimum atomic E-state index is -5.05. The van der Waals surface area contributed by atoms with E-state index in [0.717, 1.165) is 12.1 Å². The van der Waals surface area contributed by atoms with E-state index in [1.54, 1.807) is 0 Å². The van der Waals surface area contributed by atoms with Crippen molar-refractivity contribution in [2.45, 2.75) is 4.75 Å². The molecule has 0 aliphatic heterocycles. The van der Waals surface area contributed by atoms with E-state index in [4.69, 9.17) is 46.4 Å². The molecule has 3 aromatic carbocycles. The van der Waals surface area contributed by atoms with Gasteiger partial charge < -0.3 is 10.2 Å². The van der Waals surface area contributed by atoms with Gasteiger partial charge in [-0.25, -0.2) is 0 Å². The second-order valence-corrected chi connectivity index (χ2v) is 9.36. The molecule has 0 saturated heterocycles. The van der Waals surface area contributed by atoms with Crippen molar-refractivity contribution < 1.29 is 23.2 Å². The molecule has 0 spiro atoms. The summed E-state index contributed by atoms with van der Waals surface area (Å²) in [6, 6.07) is 11.6. The Balaban J connectivity index is 2.61. The lowest BCUT2D eigenvalue weighted by molar-refractivity contribution is 0.402. The summed E-state index contributed by atoms with van der Waals surface area (Å²) in [6.45, 7) is 0. The Labute approximate surface area is 186 Å². The first-order valence-electron chi connectivity index (χ1n) is 7.89. The largest absolute Gasteiger partial charge is 0.504 e. The first kappa shape index (κ1) is 22.0. The van der Waals surface area contributed by atoms with Crippen molar-refractivity contribution in [3.05, 3.63) is 91.4 Å². The molecule has 3 rings (SSSR count). The van der Waals surface area contributed by atoms with Crippen molar-refractivity contribution in [3.8, 4) is 11.5 Å². The first-order valence-corrected chi connectivity index (χ1v) is 10.8. The van der Waals surface area contributed by atoms with Crippen LogP contribution in [0.4, 0.5) is 0 Å². The van der Waals surface area contributed by atoms with Crippen molar-refractivity contribution in [1.82, 2.24) is 0 Å². The molecule has 3 aromatic rings. The van der Waals surface area contributed by atoms with Gasteiger partial charge in [-0.2, -0.15) is 8.42 Å². The molecule has 5 nitrogen and oxygen atoms in total. The highest BCUT2D eigenvalue weighted by Gasteiger charge is 2.51. The summed E-state index contributed by atoms with van der Waals surface area (Å²) in [5.74, 6) is -1.22. The molecule has 1 atom stereocenters. The van der Waals surface area contributed by atoms with Crippen molar-refractivity contribution in [2.24, 2.45) is 0 Å². The molecule has 1 unspecified atom stereocenters. The zero-order valence-corrected chi connectivity index (χ0v) is 18.1. The lowest BCUT2D eigenvalue weighted by atomic mass is 9.83. The predicted molar refractivity (Wildman–Crippen MR) is 114 cm³/mol. The Bertz CT molecular complexity index is 1200. The van der Waals surface area contributed by atoms with Crippen LogP contribution in [0.1, 0.15) is 16.7 Å². The highest BCUT2D eigenvalue weighted by molar-refractivity contribution is 7.87. The van der Waals surface area contributed by atoms with E-state index in [2.05, 4.69) is 0 Å². The van der Waals surface area contributed by atoms with Crippen LogP contribution in [0.2, 0.25) is 20.1 Å². The molecule has 29 heavy (non-hydrogen) atoms. The lowest BCUT2D eigenvalue weighted by Crippen LogP contribution is -2.38. The maximum atomic E-state index is 13.0. The van der Waals surface area contributed by atoms with Crippen molar-refractivity contribution >= 4 is 56.5 Å². The molecule has 0 aliphatic rings. The lowest BCUT2D eigenvalue weighted by Gasteiger charge is -2.34. The summed E-state index contributed by atoms with van der Waals surface area (Å²) >= 11 is 24.6. The van der Waals surface area contributed by atoms with E-state index < -0.39 is 26.4 Å². The third kappa shape index (κ3) is 3.77. The van der Waals surface area contributed by atoms with Gasteiger partial charge >= 0.3 is 0 Å². The number of hydrogen-bond donors (Lipinski definition) is 3. The maximum absolute atomic E-state index is 13.0. The molecule has 3 N–H and O–H groups in total. The van der Waals surface area contributed by atoms with E-state index in [0.29, 0.717) is 5.02 Å². The zero-order valence-electron chi connectivity index (χ0n) is 14.3. The van der Waals surface area contributed by atoms with Crippen LogP contribution in [-0.2, 0) is 14.9 Å². The van der Waals surface area contributed by atoms with Crippen molar-refractivity contribution in [3.63, 3.8) is 0 Å². The summed E-state index contributed by atoms with van der Waals surface area (Å²) in [5, 5.41) is 20.0. The van der Waals surface area contributed by atoms with Crippen LogP contribution < -0.4 is 0 Å². The monoisotopic (exact) mass is 492 g/mol. The van der Waals surface area contributed by atoms with Gasteiger partial charge in [0.05, 0.1) is 5.02 Å². The average molecular weight is 494 g/mol. The molecular weight excluding hydrogens is 482 g/mol. The molecule has 0 bridgehead atoms. The van der Waals surface area contributed by atoms with E-state index in [1.807, 2.05) is 0 Å². The summed E-state index contributed by atoms with van der Waals surface area (Å²) in [7, 11) is -5.05. The summed E-state index contributed by atoms with van der Waals surface area (Å²) < 4.78 is 34.0. The number of rotatable bonds is 4. The molecule has 0 amide bonds. The Morgan fingerprint density at radius 2 is 1.21 bits per heavy atom. The Morgan fingerprint density at radius 3 is 1.79 bits per heavy atom. The predicted octanol–water partition coefficient (Wildman–Crippen LogP) is 5.89. The number of aromatic hydroxyl groups is 2. The zero-order chi connectivity index (χ0) is 21.6. The summed E-state index contributed by atoms with van der Waals surface area (Å²) in [5.41, 5.74) is -0.326. The van der Waals surface area contributed by atoms with Crippen LogP contribution in [0.15, 0.2) is 54.6 Å². The second-order valence-electron chi connectivity index (χ2n) is 6.11. The van der Waals surface area contributed by atoms with Gasteiger partial charge in [0.2, 0.25) is 0 Å². The minimum Gasteiger partial charge on any atom is -0.504 e. The standard InChI is InChI=1S/C19H12Cl4O5S/c20-11-3-1-10(2-4-11)19(29(26,27)28,13-7-12(21)5-6-15(13)22)14-8-17(24)18(25)9-16(14)23/h1-9,24-25H,(H,26,27,28). The van der Waals surface area contributed by atoms with Gasteiger partial charge in [0.1, 0.15) is 0 Å². The molecule has 10 heteroatoms. The molecular formula is C19H12Cl4O5S. The van der Waals surface area contributed by atoms with Gasteiger partial charge in [-0.15, -0.1) is 0 Å². The van der Waals surface area contributed by atoms with Crippen molar-refractivity contribution in [1.29, 1.82) is 0 Å². The number of phenolic OH excluding ortho intramolecular Hbond substituents is 2. The van der Waals surface area contributed by atoms with E-state index in [-0.39, 0.29) is 31.8 Å². The fraction of sp³-hybridized carbons (Fsp3) is 0.0526. The minimum absolute atomic E-state index is 0.0283. The quantitative estimate of drug-likeness (QED) is 0.239. The molecule has 0 saturated carbocycles. The smallest absolute Gasteiger partial charge is 0.283 e. The average Bonchev–Trinajstić information content (AvgIpc) is 2.63. The van der Waals surface area contributed by atoms with E-state index in [1.165, 1.54) is 42.5 Å². The van der Waals surface area contributed by atoms with Crippen LogP contribution in [0, 0.1) is 0 Å². The molecule has 0 aromatic heterocycles. The maximum Gasteiger partial charge on any atom is 0.283 e. The van der Waals surface area contributed by atoms with E-state index in [9.17, 15) is 23.2 Å². The van der Waals surface area contributed by atoms with Gasteiger partial charge in [-0.3, -0.25) is 4.55 Å². The fourth-order valence-corrected chi connectivity index (χ4v) is 5.45. The highest BCUT2D eigenvalue weighted by atomic mass is 35.5. The molecule has 0 fully saturated rings. The summed E-state index contributed by atoms with van der Waals surface area (Å²) in [6.07, 6.45) is 0.